The normalized spacial score (nSPS) is 16.5. The SMILES string of the molecule is CC(C)Cc1ncc(NC(=O)N[C@@H]2CCCc3cccnc32)cn1. The van der Waals surface area contributed by atoms with Crippen LogP contribution in [0.2, 0.25) is 0 Å². The lowest BCUT2D eigenvalue weighted by Crippen LogP contribution is -2.35. The molecule has 0 aliphatic heterocycles. The summed E-state index contributed by atoms with van der Waals surface area (Å²) in [6.45, 7) is 4.25. The molecular weight excluding hydrogens is 302 g/mol. The largest absolute Gasteiger partial charge is 0.329 e. The molecule has 2 aromatic heterocycles. The van der Waals surface area contributed by atoms with E-state index in [1.54, 1.807) is 18.6 Å². The van der Waals surface area contributed by atoms with Crippen LogP contribution in [0.15, 0.2) is 30.7 Å². The van der Waals surface area contributed by atoms with E-state index in [0.717, 1.165) is 37.2 Å². The summed E-state index contributed by atoms with van der Waals surface area (Å²) >= 11 is 0. The highest BCUT2D eigenvalue weighted by molar-refractivity contribution is 5.89. The lowest BCUT2D eigenvalue weighted by Gasteiger charge is -2.25. The van der Waals surface area contributed by atoms with Crippen LogP contribution in [0.25, 0.3) is 0 Å². The van der Waals surface area contributed by atoms with E-state index in [4.69, 9.17) is 0 Å². The number of urea groups is 1. The van der Waals surface area contributed by atoms with Crippen molar-refractivity contribution >= 4 is 11.7 Å². The Morgan fingerprint density at radius 3 is 2.83 bits per heavy atom. The summed E-state index contributed by atoms with van der Waals surface area (Å²) in [7, 11) is 0. The smallest absolute Gasteiger partial charge is 0.319 e. The molecule has 2 heterocycles. The van der Waals surface area contributed by atoms with E-state index in [1.807, 2.05) is 6.07 Å². The molecule has 24 heavy (non-hydrogen) atoms. The Morgan fingerprint density at radius 2 is 2.08 bits per heavy atom. The number of pyridine rings is 1. The number of aryl methyl sites for hydroxylation is 1. The average Bonchev–Trinajstić information content (AvgIpc) is 2.56. The molecule has 1 atom stereocenters. The van der Waals surface area contributed by atoms with Gasteiger partial charge in [0.15, 0.2) is 0 Å². The minimum Gasteiger partial charge on any atom is -0.329 e. The van der Waals surface area contributed by atoms with Gasteiger partial charge < -0.3 is 10.6 Å². The second-order valence-corrected chi connectivity index (χ2v) is 6.58. The van der Waals surface area contributed by atoms with E-state index in [-0.39, 0.29) is 12.1 Å². The van der Waals surface area contributed by atoms with Gasteiger partial charge in [-0.25, -0.2) is 14.8 Å². The molecule has 0 aromatic carbocycles. The van der Waals surface area contributed by atoms with Crippen LogP contribution in [0.5, 0.6) is 0 Å². The first-order valence-electron chi connectivity index (χ1n) is 8.44. The number of aromatic nitrogens is 3. The predicted octanol–water partition coefficient (Wildman–Crippen LogP) is 3.27. The van der Waals surface area contributed by atoms with Crippen molar-refractivity contribution in [1.29, 1.82) is 0 Å². The van der Waals surface area contributed by atoms with Crippen LogP contribution in [-0.4, -0.2) is 21.0 Å². The molecular formula is C18H23N5O. The Hall–Kier alpha value is -2.50. The summed E-state index contributed by atoms with van der Waals surface area (Å²) in [5, 5.41) is 5.80. The highest BCUT2D eigenvalue weighted by atomic mass is 16.2. The molecule has 1 aliphatic rings. The molecule has 6 heteroatoms. The first kappa shape index (κ1) is 16.4. The minimum absolute atomic E-state index is 0.0453. The van der Waals surface area contributed by atoms with E-state index in [9.17, 15) is 4.79 Å². The lowest BCUT2D eigenvalue weighted by atomic mass is 9.92. The van der Waals surface area contributed by atoms with Crippen LogP contribution < -0.4 is 10.6 Å². The van der Waals surface area contributed by atoms with Crippen molar-refractivity contribution in [2.75, 3.05) is 5.32 Å². The summed E-state index contributed by atoms with van der Waals surface area (Å²) in [6, 6.07) is 3.72. The Morgan fingerprint density at radius 1 is 1.29 bits per heavy atom. The van der Waals surface area contributed by atoms with E-state index in [1.165, 1.54) is 5.56 Å². The maximum absolute atomic E-state index is 12.2. The van der Waals surface area contributed by atoms with Gasteiger partial charge in [0.2, 0.25) is 0 Å². The summed E-state index contributed by atoms with van der Waals surface area (Å²) in [5.74, 6) is 1.30. The number of nitrogens with zero attached hydrogens (tertiary/aromatic N) is 3. The fourth-order valence-corrected chi connectivity index (χ4v) is 2.97. The molecule has 0 fully saturated rings. The molecule has 2 N–H and O–H groups in total. The van der Waals surface area contributed by atoms with Gasteiger partial charge in [0, 0.05) is 12.6 Å². The predicted molar refractivity (Wildman–Crippen MR) is 92.6 cm³/mol. The lowest BCUT2D eigenvalue weighted by molar-refractivity contribution is 0.246. The highest BCUT2D eigenvalue weighted by Gasteiger charge is 2.22. The first-order valence-corrected chi connectivity index (χ1v) is 8.44. The van der Waals surface area contributed by atoms with Crippen LogP contribution in [0.3, 0.4) is 0 Å². The molecule has 0 spiro atoms. The van der Waals surface area contributed by atoms with Crippen LogP contribution >= 0.6 is 0 Å². The number of rotatable bonds is 4. The molecule has 2 amide bonds. The summed E-state index contributed by atoms with van der Waals surface area (Å²) in [5.41, 5.74) is 2.79. The number of fused-ring (bicyclic) bond motifs is 1. The van der Waals surface area contributed by atoms with Crippen molar-refractivity contribution in [3.8, 4) is 0 Å². The monoisotopic (exact) mass is 325 g/mol. The van der Waals surface area contributed by atoms with Gasteiger partial charge >= 0.3 is 6.03 Å². The Labute approximate surface area is 142 Å². The Kier molecular flexibility index (Phi) is 5.03. The summed E-state index contributed by atoms with van der Waals surface area (Å²) in [6.07, 6.45) is 8.88. The maximum atomic E-state index is 12.2. The van der Waals surface area contributed by atoms with Crippen molar-refractivity contribution in [3.05, 3.63) is 47.8 Å². The van der Waals surface area contributed by atoms with Gasteiger partial charge in [-0.05, 0) is 36.8 Å². The third kappa shape index (κ3) is 4.07. The molecule has 2 aromatic rings. The molecule has 126 valence electrons. The minimum atomic E-state index is -0.251. The quantitative estimate of drug-likeness (QED) is 0.904. The van der Waals surface area contributed by atoms with Crippen molar-refractivity contribution < 1.29 is 4.79 Å². The zero-order valence-corrected chi connectivity index (χ0v) is 14.1. The van der Waals surface area contributed by atoms with E-state index in [0.29, 0.717) is 11.6 Å². The topological polar surface area (TPSA) is 79.8 Å². The fourth-order valence-electron chi connectivity index (χ4n) is 2.97. The van der Waals surface area contributed by atoms with Crippen molar-refractivity contribution in [2.45, 2.75) is 45.6 Å². The van der Waals surface area contributed by atoms with Gasteiger partial charge in [0.1, 0.15) is 5.82 Å². The van der Waals surface area contributed by atoms with Crippen molar-refractivity contribution in [3.63, 3.8) is 0 Å². The second-order valence-electron chi connectivity index (χ2n) is 6.58. The molecule has 0 saturated carbocycles. The second kappa shape index (κ2) is 7.38. The third-order valence-electron chi connectivity index (χ3n) is 4.05. The molecule has 1 aliphatic carbocycles. The number of carbonyl (C=O) groups is 1. The van der Waals surface area contributed by atoms with Gasteiger partial charge in [-0.3, -0.25) is 4.98 Å². The van der Waals surface area contributed by atoms with E-state index >= 15 is 0 Å². The Balaban J connectivity index is 1.60. The first-order chi connectivity index (χ1) is 11.6. The highest BCUT2D eigenvalue weighted by Crippen LogP contribution is 2.27. The van der Waals surface area contributed by atoms with Gasteiger partial charge in [-0.1, -0.05) is 19.9 Å². The van der Waals surface area contributed by atoms with Crippen LogP contribution in [0, 0.1) is 5.92 Å². The molecule has 0 saturated heterocycles. The third-order valence-corrected chi connectivity index (χ3v) is 4.05. The standard InChI is InChI=1S/C18H23N5O/c1-12(2)9-16-20-10-14(11-21-16)22-18(24)23-15-7-3-5-13-6-4-8-19-17(13)15/h4,6,8,10-12,15H,3,5,7,9H2,1-2H3,(H2,22,23,24)/t15-/m1/s1. The molecule has 0 radical (unpaired) electrons. The average molecular weight is 325 g/mol. The number of carbonyl (C=O) groups excluding carboxylic acids is 1. The number of nitrogens with one attached hydrogen (secondary N) is 2. The summed E-state index contributed by atoms with van der Waals surface area (Å²) < 4.78 is 0. The van der Waals surface area contributed by atoms with Gasteiger partial charge in [-0.2, -0.15) is 0 Å². The van der Waals surface area contributed by atoms with Gasteiger partial charge in [0.05, 0.1) is 29.8 Å². The number of anilines is 1. The zero-order valence-electron chi connectivity index (χ0n) is 14.1. The molecule has 6 nitrogen and oxygen atoms in total. The zero-order chi connectivity index (χ0) is 16.9. The number of hydrogen-bond acceptors (Lipinski definition) is 4. The van der Waals surface area contributed by atoms with Crippen LogP contribution in [0.4, 0.5) is 10.5 Å². The van der Waals surface area contributed by atoms with Gasteiger partial charge in [-0.15, -0.1) is 0 Å². The Bertz CT molecular complexity index is 699. The van der Waals surface area contributed by atoms with E-state index < -0.39 is 0 Å². The fraction of sp³-hybridized carbons (Fsp3) is 0.444. The van der Waals surface area contributed by atoms with Gasteiger partial charge in [0.25, 0.3) is 0 Å². The molecule has 0 bridgehead atoms. The number of amides is 2. The van der Waals surface area contributed by atoms with E-state index in [2.05, 4.69) is 45.5 Å². The van der Waals surface area contributed by atoms with Crippen LogP contribution in [-0.2, 0) is 12.8 Å². The molecule has 0 unspecified atom stereocenters. The summed E-state index contributed by atoms with van der Waals surface area (Å²) in [4.78, 5) is 25.3. The van der Waals surface area contributed by atoms with Crippen molar-refractivity contribution in [1.82, 2.24) is 20.3 Å². The maximum Gasteiger partial charge on any atom is 0.319 e. The molecule has 3 rings (SSSR count). The number of hydrogen-bond donors (Lipinski definition) is 2. The van der Waals surface area contributed by atoms with Crippen LogP contribution in [0.1, 0.15) is 49.8 Å². The van der Waals surface area contributed by atoms with Crippen molar-refractivity contribution in [2.24, 2.45) is 5.92 Å².